The standard InChI is InChI=1S/C27H30FN3O2/c1-15-9-19(14-27(3,4)13-15)31-24-8-5-17(26(32)33)10-23(24)30-25(31)12-20-16(2)29-22-7-6-18(28)11-21(20)22/h5-8,10-11,15,19,29H,9,12-14H2,1-4H3,(H,32,33)/t15-,19+/m0/s1. The number of carboxylic acids is 1. The van der Waals surface area contributed by atoms with Crippen molar-refractivity contribution in [2.45, 2.75) is 59.4 Å². The summed E-state index contributed by atoms with van der Waals surface area (Å²) < 4.78 is 16.4. The van der Waals surface area contributed by atoms with E-state index in [1.165, 1.54) is 12.5 Å². The van der Waals surface area contributed by atoms with Gasteiger partial charge in [0.2, 0.25) is 0 Å². The zero-order chi connectivity index (χ0) is 23.5. The van der Waals surface area contributed by atoms with Crippen molar-refractivity contribution in [2.24, 2.45) is 11.3 Å². The number of hydrogen-bond acceptors (Lipinski definition) is 2. The zero-order valence-corrected chi connectivity index (χ0v) is 19.6. The molecule has 1 aliphatic rings. The van der Waals surface area contributed by atoms with Gasteiger partial charge in [0, 0.05) is 29.1 Å². The number of imidazole rings is 1. The number of carbonyl (C=O) groups is 1. The van der Waals surface area contributed by atoms with E-state index >= 15 is 0 Å². The number of benzene rings is 2. The third kappa shape index (κ3) is 3.92. The fourth-order valence-electron chi connectivity index (χ4n) is 6.05. The minimum atomic E-state index is -0.955. The van der Waals surface area contributed by atoms with E-state index in [1.807, 2.05) is 13.0 Å². The maximum Gasteiger partial charge on any atom is 0.335 e. The highest BCUT2D eigenvalue weighted by Gasteiger charge is 2.34. The predicted molar refractivity (Wildman–Crippen MR) is 128 cm³/mol. The van der Waals surface area contributed by atoms with Crippen LogP contribution in [0.2, 0.25) is 0 Å². The molecular weight excluding hydrogens is 417 g/mol. The van der Waals surface area contributed by atoms with E-state index < -0.39 is 5.97 Å². The Kier molecular flexibility index (Phi) is 5.07. The lowest BCUT2D eigenvalue weighted by Gasteiger charge is -2.40. The largest absolute Gasteiger partial charge is 0.478 e. The molecule has 172 valence electrons. The molecule has 2 atom stereocenters. The molecule has 6 heteroatoms. The molecular formula is C27H30FN3O2. The first-order valence-electron chi connectivity index (χ1n) is 11.6. The Balaban J connectivity index is 1.68. The van der Waals surface area contributed by atoms with Gasteiger partial charge in [-0.1, -0.05) is 20.8 Å². The predicted octanol–water partition coefficient (Wildman–Crippen LogP) is 6.64. The van der Waals surface area contributed by atoms with Crippen LogP contribution in [0.3, 0.4) is 0 Å². The highest BCUT2D eigenvalue weighted by atomic mass is 19.1. The molecule has 1 fully saturated rings. The van der Waals surface area contributed by atoms with Gasteiger partial charge in [0.25, 0.3) is 0 Å². The van der Waals surface area contributed by atoms with Crippen LogP contribution in [0.1, 0.15) is 73.5 Å². The molecule has 0 aliphatic heterocycles. The molecule has 0 bridgehead atoms. The van der Waals surface area contributed by atoms with Gasteiger partial charge in [-0.15, -0.1) is 0 Å². The van der Waals surface area contributed by atoms with Crippen molar-refractivity contribution in [2.75, 3.05) is 0 Å². The monoisotopic (exact) mass is 447 g/mol. The first-order valence-corrected chi connectivity index (χ1v) is 11.6. The fourth-order valence-corrected chi connectivity index (χ4v) is 6.05. The summed E-state index contributed by atoms with van der Waals surface area (Å²) in [7, 11) is 0. The van der Waals surface area contributed by atoms with Gasteiger partial charge in [0.15, 0.2) is 0 Å². The molecule has 2 aromatic heterocycles. The summed E-state index contributed by atoms with van der Waals surface area (Å²) in [5.41, 5.74) is 5.06. The molecule has 4 aromatic rings. The van der Waals surface area contributed by atoms with Gasteiger partial charge in [-0.3, -0.25) is 0 Å². The highest BCUT2D eigenvalue weighted by Crippen LogP contribution is 2.45. The van der Waals surface area contributed by atoms with E-state index in [2.05, 4.69) is 30.3 Å². The summed E-state index contributed by atoms with van der Waals surface area (Å²) in [6.07, 6.45) is 3.84. The van der Waals surface area contributed by atoms with Crippen LogP contribution >= 0.6 is 0 Å². The molecule has 5 nitrogen and oxygen atoms in total. The Morgan fingerprint density at radius 1 is 1.24 bits per heavy atom. The van der Waals surface area contributed by atoms with Crippen LogP contribution in [0.25, 0.3) is 21.9 Å². The molecule has 2 heterocycles. The highest BCUT2D eigenvalue weighted by molar-refractivity contribution is 5.92. The van der Waals surface area contributed by atoms with Crippen LogP contribution in [0.15, 0.2) is 36.4 Å². The Labute approximate surface area is 192 Å². The van der Waals surface area contributed by atoms with Crippen molar-refractivity contribution in [3.8, 4) is 0 Å². The second-order valence-corrected chi connectivity index (χ2v) is 10.6. The van der Waals surface area contributed by atoms with Gasteiger partial charge in [-0.25, -0.2) is 14.2 Å². The second-order valence-electron chi connectivity index (χ2n) is 10.6. The summed E-state index contributed by atoms with van der Waals surface area (Å²) in [6.45, 7) is 8.96. The van der Waals surface area contributed by atoms with E-state index in [4.69, 9.17) is 4.98 Å². The second kappa shape index (κ2) is 7.72. The quantitative estimate of drug-likeness (QED) is 0.368. The first-order chi connectivity index (χ1) is 15.6. The van der Waals surface area contributed by atoms with Gasteiger partial charge in [-0.05, 0) is 79.5 Å². The number of halogens is 1. The topological polar surface area (TPSA) is 70.9 Å². The van der Waals surface area contributed by atoms with Crippen LogP contribution < -0.4 is 0 Å². The maximum atomic E-state index is 14.1. The first kappa shape index (κ1) is 21.7. The van der Waals surface area contributed by atoms with Gasteiger partial charge >= 0.3 is 5.97 Å². The molecule has 1 aliphatic carbocycles. The third-order valence-corrected chi connectivity index (χ3v) is 7.15. The molecule has 2 aromatic carbocycles. The molecule has 1 saturated carbocycles. The number of H-pyrrole nitrogens is 1. The molecule has 0 unspecified atom stereocenters. The van der Waals surface area contributed by atoms with Crippen molar-refractivity contribution >= 4 is 27.9 Å². The minimum absolute atomic E-state index is 0.219. The third-order valence-electron chi connectivity index (χ3n) is 7.15. The number of aromatic carboxylic acids is 1. The summed E-state index contributed by atoms with van der Waals surface area (Å²) >= 11 is 0. The van der Waals surface area contributed by atoms with E-state index in [0.717, 1.165) is 46.3 Å². The summed E-state index contributed by atoms with van der Waals surface area (Å²) in [4.78, 5) is 19.9. The average molecular weight is 448 g/mol. The van der Waals surface area contributed by atoms with Gasteiger partial charge in [0.05, 0.1) is 16.6 Å². The molecule has 0 amide bonds. The number of rotatable bonds is 4. The van der Waals surface area contributed by atoms with Crippen molar-refractivity contribution in [3.05, 3.63) is 64.9 Å². The Bertz CT molecular complexity index is 1380. The Hall–Kier alpha value is -3.15. The molecule has 0 saturated heterocycles. The van der Waals surface area contributed by atoms with Crippen LogP contribution in [0, 0.1) is 24.1 Å². The van der Waals surface area contributed by atoms with Crippen LogP contribution in [0.5, 0.6) is 0 Å². The summed E-state index contributed by atoms with van der Waals surface area (Å²) in [6, 6.07) is 10.3. The fraction of sp³-hybridized carbons (Fsp3) is 0.407. The van der Waals surface area contributed by atoms with Crippen LogP contribution in [-0.2, 0) is 6.42 Å². The van der Waals surface area contributed by atoms with E-state index in [0.29, 0.717) is 17.9 Å². The maximum absolute atomic E-state index is 14.1. The smallest absolute Gasteiger partial charge is 0.335 e. The number of nitrogens with zero attached hydrogens (tertiary/aromatic N) is 2. The normalized spacial score (nSPS) is 20.5. The molecule has 5 rings (SSSR count). The lowest BCUT2D eigenvalue weighted by Crippen LogP contribution is -2.30. The number of aromatic amines is 1. The minimum Gasteiger partial charge on any atom is -0.478 e. The van der Waals surface area contributed by atoms with Crippen LogP contribution in [-0.4, -0.2) is 25.6 Å². The number of aromatic nitrogens is 3. The summed E-state index contributed by atoms with van der Waals surface area (Å²) in [5, 5.41) is 10.4. The Morgan fingerprint density at radius 3 is 2.76 bits per heavy atom. The lowest BCUT2D eigenvalue weighted by molar-refractivity contribution is 0.0697. The van der Waals surface area contributed by atoms with Crippen molar-refractivity contribution < 1.29 is 14.3 Å². The number of carboxylic acid groups (broad SMARTS) is 1. The molecule has 0 spiro atoms. The molecule has 0 radical (unpaired) electrons. The van der Waals surface area contributed by atoms with E-state index in [-0.39, 0.29) is 22.8 Å². The van der Waals surface area contributed by atoms with E-state index in [9.17, 15) is 14.3 Å². The molecule has 33 heavy (non-hydrogen) atoms. The summed E-state index contributed by atoms with van der Waals surface area (Å²) in [5.74, 6) is 0.274. The van der Waals surface area contributed by atoms with Crippen molar-refractivity contribution in [1.29, 1.82) is 0 Å². The van der Waals surface area contributed by atoms with Gasteiger partial charge < -0.3 is 14.7 Å². The van der Waals surface area contributed by atoms with Crippen molar-refractivity contribution in [3.63, 3.8) is 0 Å². The van der Waals surface area contributed by atoms with Gasteiger partial charge in [-0.2, -0.15) is 0 Å². The molecule has 2 N–H and O–H groups in total. The zero-order valence-electron chi connectivity index (χ0n) is 19.6. The van der Waals surface area contributed by atoms with Crippen molar-refractivity contribution in [1.82, 2.24) is 14.5 Å². The number of fused-ring (bicyclic) bond motifs is 2. The van der Waals surface area contributed by atoms with Crippen LogP contribution in [0.4, 0.5) is 4.39 Å². The van der Waals surface area contributed by atoms with E-state index in [1.54, 1.807) is 24.3 Å². The van der Waals surface area contributed by atoms with Gasteiger partial charge in [0.1, 0.15) is 11.6 Å². The SMILES string of the molecule is Cc1[nH]c2ccc(F)cc2c1Cc1nc2cc(C(=O)O)ccc2n1[C@@H]1C[C@H](C)CC(C)(C)C1. The number of nitrogens with one attached hydrogen (secondary N) is 1. The average Bonchev–Trinajstić information content (AvgIpc) is 3.23. The number of aryl methyl sites for hydroxylation is 1. The Morgan fingerprint density at radius 2 is 2.03 bits per heavy atom. The number of hydrogen-bond donors (Lipinski definition) is 2. The lowest BCUT2D eigenvalue weighted by atomic mass is 9.70.